The van der Waals surface area contributed by atoms with Crippen molar-refractivity contribution in [2.45, 2.75) is 155 Å². The van der Waals surface area contributed by atoms with Crippen molar-refractivity contribution in [2.75, 3.05) is 6.61 Å². The van der Waals surface area contributed by atoms with Crippen LogP contribution in [0.2, 0.25) is 0 Å². The number of carbonyl (C=O) groups excluding carboxylic acids is 1. The Bertz CT molecular complexity index is 301. The van der Waals surface area contributed by atoms with Crippen LogP contribution in [0.4, 0.5) is 0 Å². The van der Waals surface area contributed by atoms with Crippen LogP contribution in [-0.2, 0) is 4.79 Å². The zero-order valence-corrected chi connectivity index (χ0v) is 19.3. The summed E-state index contributed by atoms with van der Waals surface area (Å²) in [5.74, 6) is 0.345. The summed E-state index contributed by atoms with van der Waals surface area (Å²) in [5.41, 5.74) is 0. The van der Waals surface area contributed by atoms with Gasteiger partial charge in [0.05, 0.1) is 0 Å². The van der Waals surface area contributed by atoms with E-state index in [1.54, 1.807) is 6.92 Å². The van der Waals surface area contributed by atoms with Gasteiger partial charge in [0, 0.05) is 13.0 Å². The molecule has 0 fully saturated rings. The fraction of sp³-hybridized carbons (Fsp3) is 0.962. The van der Waals surface area contributed by atoms with Gasteiger partial charge in [-0.15, -0.1) is 0 Å². The van der Waals surface area contributed by atoms with Crippen molar-refractivity contribution in [3.63, 3.8) is 0 Å². The minimum atomic E-state index is 0.345. The van der Waals surface area contributed by atoms with Crippen LogP contribution in [0.15, 0.2) is 0 Å². The van der Waals surface area contributed by atoms with E-state index >= 15 is 0 Å². The number of aliphatic hydroxyl groups excluding tert-OH is 1. The van der Waals surface area contributed by atoms with Crippen LogP contribution in [-0.4, -0.2) is 17.5 Å². The maximum atomic E-state index is 10.9. The number of ketones is 1. The molecule has 0 heterocycles. The van der Waals surface area contributed by atoms with Gasteiger partial charge >= 0.3 is 0 Å². The molecule has 0 aromatic carbocycles. The molecule has 168 valence electrons. The first-order valence-corrected chi connectivity index (χ1v) is 12.9. The van der Waals surface area contributed by atoms with Crippen LogP contribution in [0.25, 0.3) is 0 Å². The molecule has 0 atom stereocenters. The number of aliphatic hydroxyl groups is 1. The first kappa shape index (κ1) is 27.6. The second-order valence-electron chi connectivity index (χ2n) is 8.95. The molecular weight excluding hydrogens is 344 g/mol. The third-order valence-electron chi connectivity index (χ3n) is 5.94. The minimum absolute atomic E-state index is 0.345. The molecule has 0 rings (SSSR count). The van der Waals surface area contributed by atoms with Gasteiger partial charge in [-0.3, -0.25) is 0 Å². The molecule has 0 amide bonds. The van der Waals surface area contributed by atoms with Crippen LogP contribution < -0.4 is 0 Å². The summed E-state index contributed by atoms with van der Waals surface area (Å²) in [7, 11) is 0. The van der Waals surface area contributed by atoms with E-state index in [0.29, 0.717) is 12.4 Å². The average Bonchev–Trinajstić information content (AvgIpc) is 2.68. The predicted molar refractivity (Wildman–Crippen MR) is 124 cm³/mol. The molecule has 0 saturated heterocycles. The SMILES string of the molecule is CC(=O)CCCCCCCCCCCCCCCCCCCCCCCCO. The number of unbranched alkanes of at least 4 members (excludes halogenated alkanes) is 21. The molecule has 0 aromatic rings. The van der Waals surface area contributed by atoms with E-state index in [2.05, 4.69) is 0 Å². The van der Waals surface area contributed by atoms with E-state index in [1.165, 1.54) is 128 Å². The van der Waals surface area contributed by atoms with Gasteiger partial charge in [0.25, 0.3) is 0 Å². The molecule has 0 saturated carbocycles. The lowest BCUT2D eigenvalue weighted by molar-refractivity contribution is -0.117. The third kappa shape index (κ3) is 25.6. The topological polar surface area (TPSA) is 37.3 Å². The fourth-order valence-electron chi connectivity index (χ4n) is 4.02. The normalized spacial score (nSPS) is 11.2. The summed E-state index contributed by atoms with van der Waals surface area (Å²) in [4.78, 5) is 10.9. The summed E-state index contributed by atoms with van der Waals surface area (Å²) in [5, 5.41) is 8.74. The zero-order valence-electron chi connectivity index (χ0n) is 19.3. The Labute approximate surface area is 177 Å². The quantitative estimate of drug-likeness (QED) is 0.166. The van der Waals surface area contributed by atoms with Crippen LogP contribution in [0, 0.1) is 0 Å². The maximum Gasteiger partial charge on any atom is 0.129 e. The highest BCUT2D eigenvalue weighted by molar-refractivity contribution is 5.75. The van der Waals surface area contributed by atoms with Gasteiger partial charge in [0.1, 0.15) is 5.78 Å². The number of hydrogen-bond acceptors (Lipinski definition) is 2. The van der Waals surface area contributed by atoms with E-state index in [0.717, 1.165) is 19.3 Å². The van der Waals surface area contributed by atoms with Gasteiger partial charge in [-0.2, -0.15) is 0 Å². The highest BCUT2D eigenvalue weighted by Crippen LogP contribution is 2.15. The lowest BCUT2D eigenvalue weighted by Crippen LogP contribution is -1.89. The van der Waals surface area contributed by atoms with E-state index in [-0.39, 0.29) is 0 Å². The Morgan fingerprint density at radius 3 is 0.857 bits per heavy atom. The fourth-order valence-corrected chi connectivity index (χ4v) is 4.02. The Morgan fingerprint density at radius 1 is 0.429 bits per heavy atom. The highest BCUT2D eigenvalue weighted by Gasteiger charge is 1.96. The van der Waals surface area contributed by atoms with E-state index < -0.39 is 0 Å². The van der Waals surface area contributed by atoms with Gasteiger partial charge in [0.15, 0.2) is 0 Å². The van der Waals surface area contributed by atoms with Gasteiger partial charge in [-0.05, 0) is 19.8 Å². The van der Waals surface area contributed by atoms with Gasteiger partial charge in [-0.1, -0.05) is 128 Å². The molecule has 2 heteroatoms. The lowest BCUT2D eigenvalue weighted by atomic mass is 10.0. The van der Waals surface area contributed by atoms with Crippen molar-refractivity contribution in [3.05, 3.63) is 0 Å². The van der Waals surface area contributed by atoms with Crippen LogP contribution in [0.3, 0.4) is 0 Å². The lowest BCUT2D eigenvalue weighted by Gasteiger charge is -2.04. The molecule has 0 aromatic heterocycles. The largest absolute Gasteiger partial charge is 0.396 e. The summed E-state index contributed by atoms with van der Waals surface area (Å²) in [6.45, 7) is 2.07. The Morgan fingerprint density at radius 2 is 0.643 bits per heavy atom. The third-order valence-corrected chi connectivity index (χ3v) is 5.94. The molecule has 0 unspecified atom stereocenters. The molecule has 1 N–H and O–H groups in total. The van der Waals surface area contributed by atoms with Crippen LogP contribution in [0.1, 0.15) is 155 Å². The maximum absolute atomic E-state index is 10.9. The number of carbonyl (C=O) groups is 1. The number of rotatable bonds is 24. The monoisotopic (exact) mass is 396 g/mol. The molecule has 0 spiro atoms. The highest BCUT2D eigenvalue weighted by atomic mass is 16.2. The average molecular weight is 397 g/mol. The van der Waals surface area contributed by atoms with Gasteiger partial charge in [0.2, 0.25) is 0 Å². The molecular formula is C26H52O2. The summed E-state index contributed by atoms with van der Waals surface area (Å²) >= 11 is 0. The van der Waals surface area contributed by atoms with Crippen molar-refractivity contribution < 1.29 is 9.90 Å². The Balaban J connectivity index is 2.99. The van der Waals surface area contributed by atoms with Gasteiger partial charge < -0.3 is 9.90 Å². The van der Waals surface area contributed by atoms with Crippen LogP contribution in [0.5, 0.6) is 0 Å². The van der Waals surface area contributed by atoms with Crippen LogP contribution >= 0.6 is 0 Å². The first-order valence-electron chi connectivity index (χ1n) is 12.9. The van der Waals surface area contributed by atoms with E-state index in [1.807, 2.05) is 0 Å². The van der Waals surface area contributed by atoms with Crippen molar-refractivity contribution in [3.8, 4) is 0 Å². The van der Waals surface area contributed by atoms with E-state index in [9.17, 15) is 4.79 Å². The predicted octanol–water partition coefficient (Wildman–Crippen LogP) is 8.54. The second kappa shape index (κ2) is 24.7. The standard InChI is InChI=1S/C26H52O2/c1-26(28)24-22-20-18-16-14-12-10-8-6-4-2-3-5-7-9-11-13-15-17-19-21-23-25-27/h27H,2-25H2,1H3. The molecule has 28 heavy (non-hydrogen) atoms. The smallest absolute Gasteiger partial charge is 0.129 e. The molecule has 0 aliphatic rings. The Hall–Kier alpha value is -0.370. The molecule has 0 radical (unpaired) electrons. The van der Waals surface area contributed by atoms with Crippen molar-refractivity contribution in [1.82, 2.24) is 0 Å². The van der Waals surface area contributed by atoms with Crippen molar-refractivity contribution >= 4 is 5.78 Å². The molecule has 2 nitrogen and oxygen atoms in total. The number of hydrogen-bond donors (Lipinski definition) is 1. The van der Waals surface area contributed by atoms with Gasteiger partial charge in [-0.25, -0.2) is 0 Å². The zero-order chi connectivity index (χ0) is 20.5. The van der Waals surface area contributed by atoms with Crippen molar-refractivity contribution in [2.24, 2.45) is 0 Å². The summed E-state index contributed by atoms with van der Waals surface area (Å²) in [6, 6.07) is 0. The van der Waals surface area contributed by atoms with Crippen molar-refractivity contribution in [1.29, 1.82) is 0 Å². The number of Topliss-reactive ketones (excluding diaryl/α,β-unsaturated/α-hetero) is 1. The first-order chi connectivity index (χ1) is 13.8. The summed E-state index contributed by atoms with van der Waals surface area (Å²) in [6.07, 6.45) is 30.7. The molecule has 0 aliphatic heterocycles. The molecule has 0 aliphatic carbocycles. The molecule has 0 bridgehead atoms. The Kier molecular flexibility index (Phi) is 24.3. The second-order valence-corrected chi connectivity index (χ2v) is 8.95. The summed E-state index contributed by atoms with van der Waals surface area (Å²) < 4.78 is 0. The van der Waals surface area contributed by atoms with E-state index in [4.69, 9.17) is 5.11 Å². The minimum Gasteiger partial charge on any atom is -0.396 e.